The van der Waals surface area contributed by atoms with Crippen LogP contribution < -0.4 is 9.80 Å². The van der Waals surface area contributed by atoms with Gasteiger partial charge in [0.1, 0.15) is 0 Å². The summed E-state index contributed by atoms with van der Waals surface area (Å²) in [6.07, 6.45) is 10.5. The Kier molecular flexibility index (Phi) is 5.15. The number of rotatable bonds is 3. The van der Waals surface area contributed by atoms with Crippen molar-refractivity contribution in [2.24, 2.45) is 11.8 Å². The third-order valence-corrected chi connectivity index (χ3v) is 6.35. The van der Waals surface area contributed by atoms with Crippen molar-refractivity contribution in [1.82, 2.24) is 14.9 Å². The third kappa shape index (κ3) is 3.94. The minimum Gasteiger partial charge on any atom is -0.337 e. The van der Waals surface area contributed by atoms with E-state index in [1.54, 1.807) is 12.4 Å². The molecule has 0 aromatic carbocycles. The summed E-state index contributed by atoms with van der Waals surface area (Å²) >= 11 is 0. The predicted molar refractivity (Wildman–Crippen MR) is 96.5 cm³/mol. The molecule has 6 heteroatoms. The van der Waals surface area contributed by atoms with E-state index >= 15 is 0 Å². The summed E-state index contributed by atoms with van der Waals surface area (Å²) in [4.78, 5) is 27.1. The maximum Gasteiger partial charge on any atom is 0.277 e. The summed E-state index contributed by atoms with van der Waals surface area (Å²) in [5, 5.41) is 0. The van der Waals surface area contributed by atoms with Crippen molar-refractivity contribution in [3.8, 4) is 0 Å². The van der Waals surface area contributed by atoms with E-state index in [1.165, 1.54) is 50.1 Å². The highest BCUT2D eigenvalue weighted by Gasteiger charge is 2.35. The van der Waals surface area contributed by atoms with Crippen LogP contribution in [0, 0.1) is 11.8 Å². The average Bonchev–Trinajstić information content (AvgIpc) is 2.69. The number of nitrogens with one attached hydrogen (secondary N) is 1. The SMILES string of the molecule is O=C(C[NH+]1CC[C@H]2CCCC[C@@H]2C1)N1CCN(c2ncccn2)CC1. The van der Waals surface area contributed by atoms with Crippen LogP contribution in [0.5, 0.6) is 0 Å². The van der Waals surface area contributed by atoms with Crippen LogP contribution in [0.1, 0.15) is 32.1 Å². The Bertz CT molecular complexity index is 572. The van der Waals surface area contributed by atoms with Crippen LogP contribution in [0.3, 0.4) is 0 Å². The van der Waals surface area contributed by atoms with Gasteiger partial charge >= 0.3 is 0 Å². The molecule has 3 aliphatic rings. The van der Waals surface area contributed by atoms with Crippen molar-refractivity contribution < 1.29 is 9.69 Å². The minimum absolute atomic E-state index is 0.331. The van der Waals surface area contributed by atoms with E-state index in [2.05, 4.69) is 14.9 Å². The lowest BCUT2D eigenvalue weighted by atomic mass is 9.75. The van der Waals surface area contributed by atoms with Crippen LogP contribution >= 0.6 is 0 Å². The van der Waals surface area contributed by atoms with Gasteiger partial charge in [-0.2, -0.15) is 0 Å². The van der Waals surface area contributed by atoms with Gasteiger partial charge in [0.15, 0.2) is 6.54 Å². The third-order valence-electron chi connectivity index (χ3n) is 6.35. The van der Waals surface area contributed by atoms with E-state index in [-0.39, 0.29) is 0 Å². The summed E-state index contributed by atoms with van der Waals surface area (Å²) in [5.41, 5.74) is 0. The number of aromatic nitrogens is 2. The van der Waals surface area contributed by atoms with E-state index in [1.807, 2.05) is 11.0 Å². The van der Waals surface area contributed by atoms with Crippen molar-refractivity contribution >= 4 is 11.9 Å². The van der Waals surface area contributed by atoms with Crippen LogP contribution in [0.4, 0.5) is 5.95 Å². The molecule has 3 fully saturated rings. The first-order chi connectivity index (χ1) is 12.3. The summed E-state index contributed by atoms with van der Waals surface area (Å²) < 4.78 is 0. The van der Waals surface area contributed by atoms with Gasteiger partial charge in [-0.25, -0.2) is 9.97 Å². The molecule has 25 heavy (non-hydrogen) atoms. The molecule has 1 aromatic heterocycles. The molecule has 1 unspecified atom stereocenters. The van der Waals surface area contributed by atoms with Gasteiger partial charge in [0.05, 0.1) is 13.1 Å². The molecule has 0 radical (unpaired) electrons. The fourth-order valence-corrected chi connectivity index (χ4v) is 4.89. The fourth-order valence-electron chi connectivity index (χ4n) is 4.89. The van der Waals surface area contributed by atoms with Gasteiger partial charge in [-0.15, -0.1) is 0 Å². The van der Waals surface area contributed by atoms with Crippen molar-refractivity contribution in [1.29, 1.82) is 0 Å². The molecule has 3 heterocycles. The second kappa shape index (κ2) is 7.68. The van der Waals surface area contributed by atoms with Gasteiger partial charge in [-0.1, -0.05) is 12.8 Å². The largest absolute Gasteiger partial charge is 0.337 e. The Labute approximate surface area is 150 Å². The van der Waals surface area contributed by atoms with Gasteiger partial charge in [0.2, 0.25) is 5.95 Å². The zero-order chi connectivity index (χ0) is 17.1. The summed E-state index contributed by atoms with van der Waals surface area (Å²) in [7, 11) is 0. The van der Waals surface area contributed by atoms with Gasteiger partial charge in [0, 0.05) is 44.5 Å². The summed E-state index contributed by atoms with van der Waals surface area (Å²) in [5.74, 6) is 2.93. The Morgan fingerprint density at radius 3 is 2.52 bits per heavy atom. The van der Waals surface area contributed by atoms with E-state index in [0.29, 0.717) is 12.5 Å². The van der Waals surface area contributed by atoms with Gasteiger partial charge in [-0.3, -0.25) is 4.79 Å². The van der Waals surface area contributed by atoms with E-state index < -0.39 is 0 Å². The van der Waals surface area contributed by atoms with Crippen LogP contribution in [0.2, 0.25) is 0 Å². The first-order valence-electron chi connectivity index (χ1n) is 9.93. The van der Waals surface area contributed by atoms with Crippen molar-refractivity contribution in [3.63, 3.8) is 0 Å². The van der Waals surface area contributed by atoms with Crippen LogP contribution in [0.15, 0.2) is 18.5 Å². The van der Waals surface area contributed by atoms with Gasteiger partial charge < -0.3 is 14.7 Å². The highest BCUT2D eigenvalue weighted by molar-refractivity contribution is 5.77. The number of nitrogens with zero attached hydrogens (tertiary/aromatic N) is 4. The van der Waals surface area contributed by atoms with Crippen LogP contribution in [0.25, 0.3) is 0 Å². The zero-order valence-electron chi connectivity index (χ0n) is 15.1. The number of anilines is 1. The molecule has 3 atom stereocenters. The zero-order valence-corrected chi connectivity index (χ0v) is 15.1. The lowest BCUT2D eigenvalue weighted by Crippen LogP contribution is -3.15. The molecule has 1 aromatic rings. The number of quaternary nitrogens is 1. The normalized spacial score (nSPS) is 30.0. The number of carbonyl (C=O) groups is 1. The van der Waals surface area contributed by atoms with Crippen molar-refractivity contribution in [2.45, 2.75) is 32.1 Å². The smallest absolute Gasteiger partial charge is 0.277 e. The summed E-state index contributed by atoms with van der Waals surface area (Å²) in [6.45, 7) is 6.32. The molecular weight excluding hydrogens is 314 g/mol. The monoisotopic (exact) mass is 344 g/mol. The topological polar surface area (TPSA) is 53.8 Å². The number of fused-ring (bicyclic) bond motifs is 1. The van der Waals surface area contributed by atoms with E-state index in [4.69, 9.17) is 0 Å². The Morgan fingerprint density at radius 1 is 1.04 bits per heavy atom. The number of hydrogen-bond acceptors (Lipinski definition) is 4. The quantitative estimate of drug-likeness (QED) is 0.852. The molecule has 0 spiro atoms. The molecule has 1 aliphatic carbocycles. The number of amides is 1. The second-order valence-corrected chi connectivity index (χ2v) is 7.89. The highest BCUT2D eigenvalue weighted by atomic mass is 16.2. The van der Waals surface area contributed by atoms with Gasteiger partial charge in [0.25, 0.3) is 5.91 Å². The number of piperidine rings is 1. The summed E-state index contributed by atoms with van der Waals surface area (Å²) in [6, 6.07) is 1.83. The molecule has 0 bridgehead atoms. The van der Waals surface area contributed by atoms with E-state index in [0.717, 1.165) is 44.0 Å². The molecule has 136 valence electrons. The second-order valence-electron chi connectivity index (χ2n) is 7.89. The average molecular weight is 344 g/mol. The predicted octanol–water partition coefficient (Wildman–Crippen LogP) is 0.220. The molecule has 1 amide bonds. The minimum atomic E-state index is 0.331. The molecule has 2 aliphatic heterocycles. The van der Waals surface area contributed by atoms with Crippen LogP contribution in [-0.2, 0) is 4.79 Å². The maximum atomic E-state index is 12.7. The van der Waals surface area contributed by atoms with Crippen molar-refractivity contribution in [3.05, 3.63) is 18.5 Å². The van der Waals surface area contributed by atoms with E-state index in [9.17, 15) is 4.79 Å². The Balaban J connectivity index is 1.25. The molecule has 1 N–H and O–H groups in total. The maximum absolute atomic E-state index is 12.7. The first-order valence-corrected chi connectivity index (χ1v) is 9.93. The number of likely N-dealkylation sites (tertiary alicyclic amines) is 1. The number of carbonyl (C=O) groups excluding carboxylic acids is 1. The van der Waals surface area contributed by atoms with Crippen LogP contribution in [-0.4, -0.2) is 66.6 Å². The molecule has 6 nitrogen and oxygen atoms in total. The lowest BCUT2D eigenvalue weighted by Gasteiger charge is -2.40. The number of hydrogen-bond donors (Lipinski definition) is 1. The molecule has 1 saturated carbocycles. The van der Waals surface area contributed by atoms with Crippen molar-refractivity contribution in [2.75, 3.05) is 50.7 Å². The fraction of sp³-hybridized carbons (Fsp3) is 0.737. The molecule has 2 saturated heterocycles. The Morgan fingerprint density at radius 2 is 1.76 bits per heavy atom. The first kappa shape index (κ1) is 16.8. The lowest BCUT2D eigenvalue weighted by molar-refractivity contribution is -0.903. The highest BCUT2D eigenvalue weighted by Crippen LogP contribution is 2.32. The number of piperazine rings is 1. The standard InChI is InChI=1S/C19H29N5O/c25-18(15-22-9-6-16-4-1-2-5-17(16)14-22)23-10-12-24(13-11-23)19-20-7-3-8-21-19/h3,7-8,16-17H,1-2,4-6,9-15H2/p+1/t16-,17-/m1/s1. The Hall–Kier alpha value is -1.69. The van der Waals surface area contributed by atoms with Gasteiger partial charge in [-0.05, 0) is 31.2 Å². The molecular formula is C19H30N5O+. The molecule has 4 rings (SSSR count).